The van der Waals surface area contributed by atoms with Gasteiger partial charge < -0.3 is 10.3 Å². The van der Waals surface area contributed by atoms with Gasteiger partial charge in [0.15, 0.2) is 5.78 Å². The van der Waals surface area contributed by atoms with Crippen LogP contribution < -0.4 is 5.32 Å². The molecule has 0 aromatic carbocycles. The Morgan fingerprint density at radius 2 is 2.21 bits per heavy atom. The summed E-state index contributed by atoms with van der Waals surface area (Å²) in [5.41, 5.74) is 0.781. The van der Waals surface area contributed by atoms with Gasteiger partial charge in [-0.2, -0.15) is 0 Å². The Morgan fingerprint density at radius 3 is 2.86 bits per heavy atom. The van der Waals surface area contributed by atoms with E-state index in [9.17, 15) is 4.79 Å². The minimum absolute atomic E-state index is 0.202. The van der Waals surface area contributed by atoms with Crippen molar-refractivity contribution in [2.24, 2.45) is 0 Å². The lowest BCUT2D eigenvalue weighted by Gasteiger charge is -2.26. The highest BCUT2D eigenvalue weighted by atomic mass is 16.1. The topological polar surface area (TPSA) is 48.1 Å². The summed E-state index contributed by atoms with van der Waals surface area (Å²) in [7, 11) is 0. The molecule has 4 nitrogen and oxygen atoms in total. The van der Waals surface area contributed by atoms with E-state index >= 15 is 0 Å². The Hall–Kier alpha value is -1.13. The van der Waals surface area contributed by atoms with Crippen molar-refractivity contribution >= 4 is 5.78 Å². The van der Waals surface area contributed by atoms with Crippen molar-refractivity contribution in [3.05, 3.63) is 24.0 Å². The van der Waals surface area contributed by atoms with E-state index in [-0.39, 0.29) is 5.78 Å². The number of rotatable bonds is 3. The fraction of sp³-hybridized carbons (Fsp3) is 0.500. The molecule has 4 heteroatoms. The maximum atomic E-state index is 11.7. The summed E-state index contributed by atoms with van der Waals surface area (Å²) in [5, 5.41) is 3.26. The van der Waals surface area contributed by atoms with Crippen molar-refractivity contribution in [3.8, 4) is 0 Å². The van der Waals surface area contributed by atoms with Crippen LogP contribution >= 0.6 is 0 Å². The quantitative estimate of drug-likeness (QED) is 0.669. The fourth-order valence-corrected chi connectivity index (χ4v) is 1.66. The predicted molar refractivity (Wildman–Crippen MR) is 54.4 cm³/mol. The second-order valence-electron chi connectivity index (χ2n) is 3.55. The average Bonchev–Trinajstić information content (AvgIpc) is 2.72. The van der Waals surface area contributed by atoms with Crippen LogP contribution in [0.2, 0.25) is 0 Å². The molecule has 1 aromatic heterocycles. The highest BCUT2D eigenvalue weighted by Crippen LogP contribution is 2.01. The maximum Gasteiger partial charge on any atom is 0.178 e. The van der Waals surface area contributed by atoms with Gasteiger partial charge in [0.25, 0.3) is 0 Å². The number of nitrogens with zero attached hydrogens (tertiary/aromatic N) is 1. The number of hydrogen-bond acceptors (Lipinski definition) is 3. The molecule has 0 amide bonds. The number of Topliss-reactive ketones (excluding diaryl/α,β-unsaturated/α-hetero) is 1. The van der Waals surface area contributed by atoms with Crippen LogP contribution in [0.25, 0.3) is 0 Å². The van der Waals surface area contributed by atoms with Gasteiger partial charge in [-0.15, -0.1) is 0 Å². The molecule has 1 aliphatic rings. The van der Waals surface area contributed by atoms with E-state index in [2.05, 4.69) is 15.2 Å². The van der Waals surface area contributed by atoms with Gasteiger partial charge in [-0.25, -0.2) is 0 Å². The third-order valence-electron chi connectivity index (χ3n) is 2.50. The minimum atomic E-state index is 0.202. The lowest BCUT2D eigenvalue weighted by Crippen LogP contribution is -2.45. The van der Waals surface area contributed by atoms with Crippen molar-refractivity contribution in [3.63, 3.8) is 0 Å². The van der Waals surface area contributed by atoms with Crippen LogP contribution in [0.15, 0.2) is 18.5 Å². The van der Waals surface area contributed by atoms with Gasteiger partial charge in [-0.1, -0.05) is 0 Å². The molecule has 1 aromatic rings. The maximum absolute atomic E-state index is 11.7. The molecule has 76 valence electrons. The minimum Gasteiger partial charge on any atom is -0.367 e. The van der Waals surface area contributed by atoms with E-state index in [0.29, 0.717) is 6.54 Å². The van der Waals surface area contributed by atoms with Crippen LogP contribution in [0.5, 0.6) is 0 Å². The Balaban J connectivity index is 1.87. The summed E-state index contributed by atoms with van der Waals surface area (Å²) in [6.45, 7) is 4.45. The van der Waals surface area contributed by atoms with Gasteiger partial charge in [-0.3, -0.25) is 9.69 Å². The molecule has 1 saturated heterocycles. The number of H-pyrrole nitrogens is 1. The monoisotopic (exact) mass is 193 g/mol. The highest BCUT2D eigenvalue weighted by molar-refractivity contribution is 5.97. The summed E-state index contributed by atoms with van der Waals surface area (Å²) in [5.74, 6) is 0.202. The first kappa shape index (κ1) is 9.43. The van der Waals surface area contributed by atoms with Crippen LogP contribution in [0.3, 0.4) is 0 Å². The summed E-state index contributed by atoms with van der Waals surface area (Å²) in [6.07, 6.45) is 3.54. The van der Waals surface area contributed by atoms with Crippen LogP contribution in [0.4, 0.5) is 0 Å². The van der Waals surface area contributed by atoms with Gasteiger partial charge >= 0.3 is 0 Å². The van der Waals surface area contributed by atoms with Crippen molar-refractivity contribution in [1.82, 2.24) is 15.2 Å². The fourth-order valence-electron chi connectivity index (χ4n) is 1.66. The average molecular weight is 193 g/mol. The summed E-state index contributed by atoms with van der Waals surface area (Å²) in [4.78, 5) is 16.8. The first-order valence-corrected chi connectivity index (χ1v) is 4.95. The molecule has 2 N–H and O–H groups in total. The van der Waals surface area contributed by atoms with Gasteiger partial charge in [-0.05, 0) is 6.07 Å². The molecule has 1 aliphatic heterocycles. The summed E-state index contributed by atoms with van der Waals surface area (Å²) >= 11 is 0. The van der Waals surface area contributed by atoms with Crippen molar-refractivity contribution in [2.75, 3.05) is 32.7 Å². The van der Waals surface area contributed by atoms with Gasteiger partial charge in [0.2, 0.25) is 0 Å². The molecule has 0 atom stereocenters. The zero-order chi connectivity index (χ0) is 9.80. The molecule has 0 radical (unpaired) electrons. The first-order chi connectivity index (χ1) is 6.86. The number of ketones is 1. The van der Waals surface area contributed by atoms with Crippen molar-refractivity contribution in [2.45, 2.75) is 0 Å². The second-order valence-corrected chi connectivity index (χ2v) is 3.55. The zero-order valence-corrected chi connectivity index (χ0v) is 8.12. The molecule has 14 heavy (non-hydrogen) atoms. The second kappa shape index (κ2) is 4.39. The van der Waals surface area contributed by atoms with Crippen LogP contribution in [0, 0.1) is 0 Å². The van der Waals surface area contributed by atoms with Gasteiger partial charge in [0.1, 0.15) is 0 Å². The standard InChI is InChI=1S/C10H15N3O/c14-10(9-1-2-12-7-9)8-13-5-3-11-4-6-13/h1-2,7,11-12H,3-6,8H2. The molecule has 0 unspecified atom stereocenters. The molecule has 0 aliphatic carbocycles. The number of aromatic nitrogens is 1. The van der Waals surface area contributed by atoms with Gasteiger partial charge in [0, 0.05) is 44.1 Å². The first-order valence-electron chi connectivity index (χ1n) is 4.95. The molecule has 2 heterocycles. The number of carbonyl (C=O) groups excluding carboxylic acids is 1. The molecule has 0 bridgehead atoms. The number of nitrogens with one attached hydrogen (secondary N) is 2. The Labute approximate surface area is 83.3 Å². The Morgan fingerprint density at radius 1 is 1.43 bits per heavy atom. The van der Waals surface area contributed by atoms with Crippen molar-refractivity contribution in [1.29, 1.82) is 0 Å². The van der Waals surface area contributed by atoms with E-state index in [0.717, 1.165) is 31.7 Å². The Kier molecular flexibility index (Phi) is 2.96. The SMILES string of the molecule is O=C(CN1CCNCC1)c1cc[nH]c1. The third-order valence-corrected chi connectivity index (χ3v) is 2.50. The van der Waals surface area contributed by atoms with E-state index in [1.165, 1.54) is 0 Å². The lowest BCUT2D eigenvalue weighted by molar-refractivity contribution is 0.0921. The van der Waals surface area contributed by atoms with E-state index in [4.69, 9.17) is 0 Å². The lowest BCUT2D eigenvalue weighted by atomic mass is 10.2. The van der Waals surface area contributed by atoms with Crippen molar-refractivity contribution < 1.29 is 4.79 Å². The van der Waals surface area contributed by atoms with Crippen LogP contribution in [0.1, 0.15) is 10.4 Å². The summed E-state index contributed by atoms with van der Waals surface area (Å²) in [6, 6.07) is 1.82. The number of aromatic amines is 1. The molecule has 0 saturated carbocycles. The van der Waals surface area contributed by atoms with E-state index in [1.54, 1.807) is 12.4 Å². The van der Waals surface area contributed by atoms with Crippen LogP contribution in [-0.4, -0.2) is 48.4 Å². The number of hydrogen-bond donors (Lipinski definition) is 2. The Bertz CT molecular complexity index is 288. The zero-order valence-electron chi connectivity index (χ0n) is 8.12. The molecular weight excluding hydrogens is 178 g/mol. The molecular formula is C10H15N3O. The third kappa shape index (κ3) is 2.21. The smallest absolute Gasteiger partial charge is 0.178 e. The normalized spacial score (nSPS) is 18.3. The predicted octanol–water partition coefficient (Wildman–Crippen LogP) is 0.103. The molecule has 0 spiro atoms. The van der Waals surface area contributed by atoms with Gasteiger partial charge in [0.05, 0.1) is 6.54 Å². The largest absolute Gasteiger partial charge is 0.367 e. The van der Waals surface area contributed by atoms with E-state index in [1.807, 2.05) is 6.07 Å². The summed E-state index contributed by atoms with van der Waals surface area (Å²) < 4.78 is 0. The highest BCUT2D eigenvalue weighted by Gasteiger charge is 2.14. The molecule has 2 rings (SSSR count). The molecule has 1 fully saturated rings. The van der Waals surface area contributed by atoms with Crippen LogP contribution in [-0.2, 0) is 0 Å². The van der Waals surface area contributed by atoms with E-state index < -0.39 is 0 Å². The number of carbonyl (C=O) groups is 1. The number of piperazine rings is 1.